The van der Waals surface area contributed by atoms with Crippen molar-refractivity contribution in [3.63, 3.8) is 0 Å². The van der Waals surface area contributed by atoms with Gasteiger partial charge in [-0.2, -0.15) is 4.31 Å². The Hall–Kier alpha value is -2.66. The van der Waals surface area contributed by atoms with Crippen molar-refractivity contribution in [2.45, 2.75) is 75.3 Å². The number of ether oxygens (including phenoxy) is 2. The lowest BCUT2D eigenvalue weighted by Gasteiger charge is -2.21. The first-order chi connectivity index (χ1) is 16.2. The Morgan fingerprint density at radius 1 is 1.03 bits per heavy atom. The molecule has 10 nitrogen and oxygen atoms in total. The molecule has 1 aliphatic heterocycles. The smallest absolute Gasteiger partial charge is 0.338 e. The van der Waals surface area contributed by atoms with Gasteiger partial charge in [-0.1, -0.05) is 25.7 Å². The van der Waals surface area contributed by atoms with Gasteiger partial charge in [-0.05, 0) is 50.8 Å². The minimum Gasteiger partial charge on any atom is -0.495 e. The summed E-state index contributed by atoms with van der Waals surface area (Å²) in [6, 6.07) is 3.38. The van der Waals surface area contributed by atoms with Gasteiger partial charge in [-0.3, -0.25) is 10.1 Å². The number of nitrogens with zero attached hydrogens (tertiary/aromatic N) is 1. The van der Waals surface area contributed by atoms with Gasteiger partial charge in [0.25, 0.3) is 5.91 Å². The fraction of sp³-hybridized carbons (Fsp3) is 0.609. The van der Waals surface area contributed by atoms with Crippen molar-refractivity contribution in [1.29, 1.82) is 0 Å². The van der Waals surface area contributed by atoms with E-state index in [1.165, 1.54) is 36.5 Å². The number of nitrogens with one attached hydrogen (secondary N) is 2. The molecule has 1 aromatic carbocycles. The summed E-state index contributed by atoms with van der Waals surface area (Å²) in [5.41, 5.74) is -0.0377. The second-order valence-corrected chi connectivity index (χ2v) is 10.6. The van der Waals surface area contributed by atoms with Crippen molar-refractivity contribution in [3.05, 3.63) is 23.8 Å². The van der Waals surface area contributed by atoms with E-state index in [1.54, 1.807) is 0 Å². The molecule has 1 atom stereocenters. The van der Waals surface area contributed by atoms with Crippen LogP contribution in [0.15, 0.2) is 23.1 Å². The third kappa shape index (κ3) is 6.47. The van der Waals surface area contributed by atoms with Crippen LogP contribution in [0, 0.1) is 0 Å². The van der Waals surface area contributed by atoms with Crippen LogP contribution in [0.5, 0.6) is 5.75 Å². The SMILES string of the molecule is COc1ccc(C(=O)OC(C)C(=O)NC(=O)NC2CCCC2)cc1S(=O)(=O)N1CCCCCC1. The first kappa shape index (κ1) is 26.0. The number of hydrogen-bond donors (Lipinski definition) is 2. The van der Waals surface area contributed by atoms with Crippen LogP contribution < -0.4 is 15.4 Å². The molecule has 1 aromatic rings. The zero-order valence-electron chi connectivity index (χ0n) is 19.7. The maximum absolute atomic E-state index is 13.3. The Kier molecular flexibility index (Phi) is 8.90. The molecule has 0 spiro atoms. The zero-order valence-corrected chi connectivity index (χ0v) is 20.5. The second-order valence-electron chi connectivity index (χ2n) is 8.68. The van der Waals surface area contributed by atoms with Gasteiger partial charge in [0.2, 0.25) is 10.0 Å². The molecule has 0 bridgehead atoms. The molecule has 1 saturated carbocycles. The van der Waals surface area contributed by atoms with Gasteiger partial charge in [0.05, 0.1) is 12.7 Å². The number of rotatable bonds is 7. The molecular formula is C23H33N3O7S. The molecule has 0 radical (unpaired) electrons. The third-order valence-electron chi connectivity index (χ3n) is 6.16. The summed E-state index contributed by atoms with van der Waals surface area (Å²) in [4.78, 5) is 36.8. The summed E-state index contributed by atoms with van der Waals surface area (Å²) in [7, 11) is -2.53. The highest BCUT2D eigenvalue weighted by Gasteiger charge is 2.30. The Labute approximate surface area is 200 Å². The third-order valence-corrected chi connectivity index (χ3v) is 8.08. The molecule has 3 rings (SSSR count). The highest BCUT2D eigenvalue weighted by Crippen LogP contribution is 2.29. The van der Waals surface area contributed by atoms with Gasteiger partial charge in [0.15, 0.2) is 6.10 Å². The van der Waals surface area contributed by atoms with E-state index in [9.17, 15) is 22.8 Å². The van der Waals surface area contributed by atoms with Crippen LogP contribution in [0.2, 0.25) is 0 Å². The van der Waals surface area contributed by atoms with Crippen LogP contribution in [0.1, 0.15) is 68.6 Å². The number of benzene rings is 1. The Bertz CT molecular complexity index is 998. The fourth-order valence-electron chi connectivity index (χ4n) is 4.21. The predicted octanol–water partition coefficient (Wildman–Crippen LogP) is 2.57. The van der Waals surface area contributed by atoms with Crippen LogP contribution in [-0.4, -0.2) is 63.0 Å². The van der Waals surface area contributed by atoms with E-state index in [-0.39, 0.29) is 22.3 Å². The zero-order chi connectivity index (χ0) is 24.7. The first-order valence-electron chi connectivity index (χ1n) is 11.7. The maximum Gasteiger partial charge on any atom is 0.338 e. The van der Waals surface area contributed by atoms with Gasteiger partial charge in [-0.15, -0.1) is 0 Å². The summed E-state index contributed by atoms with van der Waals surface area (Å²) >= 11 is 0. The molecule has 2 N–H and O–H groups in total. The summed E-state index contributed by atoms with van der Waals surface area (Å²) in [5.74, 6) is -1.53. The molecule has 1 unspecified atom stereocenters. The van der Waals surface area contributed by atoms with Crippen LogP contribution in [-0.2, 0) is 19.6 Å². The minimum atomic E-state index is -3.89. The van der Waals surface area contributed by atoms with Crippen LogP contribution in [0.25, 0.3) is 0 Å². The summed E-state index contributed by atoms with van der Waals surface area (Å²) in [6.07, 6.45) is 6.01. The van der Waals surface area contributed by atoms with Crippen molar-refractivity contribution in [3.8, 4) is 5.75 Å². The van der Waals surface area contributed by atoms with E-state index in [0.29, 0.717) is 13.1 Å². The van der Waals surface area contributed by atoms with E-state index in [2.05, 4.69) is 10.6 Å². The Morgan fingerprint density at radius 3 is 2.29 bits per heavy atom. The maximum atomic E-state index is 13.3. The van der Waals surface area contributed by atoms with Crippen molar-refractivity contribution in [1.82, 2.24) is 14.9 Å². The van der Waals surface area contributed by atoms with E-state index in [1.807, 2.05) is 0 Å². The lowest BCUT2D eigenvalue weighted by molar-refractivity contribution is -0.127. The largest absolute Gasteiger partial charge is 0.495 e. The molecule has 188 valence electrons. The molecule has 1 heterocycles. The number of urea groups is 1. The van der Waals surface area contributed by atoms with Crippen LogP contribution in [0.4, 0.5) is 4.79 Å². The minimum absolute atomic E-state index is 0.0366. The van der Waals surface area contributed by atoms with Crippen molar-refractivity contribution < 1.29 is 32.3 Å². The molecule has 1 aliphatic carbocycles. The highest BCUT2D eigenvalue weighted by atomic mass is 32.2. The number of carbonyl (C=O) groups is 3. The van der Waals surface area contributed by atoms with Crippen molar-refractivity contribution in [2.24, 2.45) is 0 Å². The van der Waals surface area contributed by atoms with E-state index < -0.39 is 34.0 Å². The molecular weight excluding hydrogens is 462 g/mol. The number of carbonyl (C=O) groups excluding carboxylic acids is 3. The molecule has 11 heteroatoms. The Balaban J connectivity index is 1.68. The topological polar surface area (TPSA) is 131 Å². The first-order valence-corrected chi connectivity index (χ1v) is 13.2. The Morgan fingerprint density at radius 2 is 1.68 bits per heavy atom. The second kappa shape index (κ2) is 11.7. The lowest BCUT2D eigenvalue weighted by atomic mass is 10.2. The fourth-order valence-corrected chi connectivity index (χ4v) is 5.91. The highest BCUT2D eigenvalue weighted by molar-refractivity contribution is 7.89. The normalized spacial score (nSPS) is 18.5. The average molecular weight is 496 g/mol. The quantitative estimate of drug-likeness (QED) is 0.556. The number of methoxy groups -OCH3 is 1. The van der Waals surface area contributed by atoms with Gasteiger partial charge < -0.3 is 14.8 Å². The summed E-state index contributed by atoms with van der Waals surface area (Å²) in [6.45, 7) is 2.15. The number of imide groups is 1. The molecule has 1 saturated heterocycles. The predicted molar refractivity (Wildman–Crippen MR) is 124 cm³/mol. The average Bonchev–Trinajstić information content (AvgIpc) is 3.15. The van der Waals surface area contributed by atoms with Crippen LogP contribution in [0.3, 0.4) is 0 Å². The molecule has 2 aliphatic rings. The molecule has 3 amide bonds. The van der Waals surface area contributed by atoms with E-state index >= 15 is 0 Å². The summed E-state index contributed by atoms with van der Waals surface area (Å²) < 4.78 is 38.4. The number of amides is 3. The van der Waals surface area contributed by atoms with Crippen molar-refractivity contribution >= 4 is 27.9 Å². The van der Waals surface area contributed by atoms with Gasteiger partial charge in [0.1, 0.15) is 10.6 Å². The molecule has 2 fully saturated rings. The van der Waals surface area contributed by atoms with Gasteiger partial charge in [0, 0.05) is 19.1 Å². The van der Waals surface area contributed by atoms with Crippen molar-refractivity contribution in [2.75, 3.05) is 20.2 Å². The van der Waals surface area contributed by atoms with Gasteiger partial charge >= 0.3 is 12.0 Å². The lowest BCUT2D eigenvalue weighted by Crippen LogP contribution is -2.47. The standard InChI is InChI=1S/C23H33N3O7S/c1-16(21(27)25-23(29)24-18-9-5-6-10-18)33-22(28)17-11-12-19(32-2)20(15-17)34(30,31)26-13-7-3-4-8-14-26/h11-12,15-16,18H,3-10,13-14H2,1-2H3,(H2,24,25,27,29). The molecule has 34 heavy (non-hydrogen) atoms. The molecule has 0 aromatic heterocycles. The number of esters is 1. The monoisotopic (exact) mass is 495 g/mol. The van der Waals surface area contributed by atoms with E-state index in [4.69, 9.17) is 9.47 Å². The number of sulfonamides is 1. The number of hydrogen-bond acceptors (Lipinski definition) is 7. The van der Waals surface area contributed by atoms with Crippen LogP contribution >= 0.6 is 0 Å². The summed E-state index contributed by atoms with van der Waals surface area (Å²) in [5, 5.41) is 4.90. The van der Waals surface area contributed by atoms with E-state index in [0.717, 1.165) is 51.4 Å². The van der Waals surface area contributed by atoms with Gasteiger partial charge in [-0.25, -0.2) is 18.0 Å².